The number of aliphatic carboxylic acids is 2. The van der Waals surface area contributed by atoms with E-state index in [1.165, 1.54) is 14.2 Å². The van der Waals surface area contributed by atoms with Gasteiger partial charge in [0.15, 0.2) is 0 Å². The van der Waals surface area contributed by atoms with Gasteiger partial charge in [0, 0.05) is 11.1 Å². The number of benzene rings is 2. The minimum Gasteiger partial charge on any atom is -0.496 e. The fourth-order valence-electron chi connectivity index (χ4n) is 2.75. The normalized spacial score (nSPS) is 12.5. The molecule has 0 unspecified atom stereocenters. The van der Waals surface area contributed by atoms with Gasteiger partial charge < -0.3 is 19.7 Å². The Balaban J connectivity index is 2.46. The van der Waals surface area contributed by atoms with Gasteiger partial charge in [0.2, 0.25) is 0 Å². The Hall–Kier alpha value is -2.84. The van der Waals surface area contributed by atoms with Crippen LogP contribution in [0.25, 0.3) is 11.1 Å². The molecule has 2 N–H and O–H groups in total. The van der Waals surface area contributed by atoms with E-state index >= 15 is 0 Å². The van der Waals surface area contributed by atoms with Gasteiger partial charge in [-0.05, 0) is 58.7 Å². The van der Waals surface area contributed by atoms with Gasteiger partial charge in [-0.3, -0.25) is 0 Å². The van der Waals surface area contributed by atoms with Crippen LogP contribution in [0.15, 0.2) is 58.3 Å². The van der Waals surface area contributed by atoms with Crippen molar-refractivity contribution in [2.75, 3.05) is 14.2 Å². The molecule has 0 aromatic heterocycles. The molecule has 6 nitrogen and oxygen atoms in total. The average Bonchev–Trinajstić information content (AvgIpc) is 2.75. The molecule has 0 aliphatic carbocycles. The number of hydrogen-bond donors (Lipinski definition) is 2. The van der Waals surface area contributed by atoms with Crippen molar-refractivity contribution in [1.82, 2.24) is 0 Å². The smallest absolute Gasteiger partial charge is 0.343 e. The minimum absolute atomic E-state index is 0.0241. The van der Waals surface area contributed by atoms with Crippen LogP contribution in [0.1, 0.15) is 25.0 Å². The lowest BCUT2D eigenvalue weighted by Crippen LogP contribution is -2.03. The third-order valence-corrected chi connectivity index (χ3v) is 6.93. The van der Waals surface area contributed by atoms with Crippen molar-refractivity contribution in [2.24, 2.45) is 0 Å². The van der Waals surface area contributed by atoms with Gasteiger partial charge in [0.25, 0.3) is 0 Å². The van der Waals surface area contributed by atoms with Crippen molar-refractivity contribution in [3.05, 3.63) is 69.5 Å². The van der Waals surface area contributed by atoms with Crippen molar-refractivity contribution in [3.8, 4) is 11.5 Å². The van der Waals surface area contributed by atoms with Gasteiger partial charge in [0.1, 0.15) is 21.3 Å². The summed E-state index contributed by atoms with van der Waals surface area (Å²) in [4.78, 5) is 23.9. The monoisotopic (exact) mass is 446 g/mol. The van der Waals surface area contributed by atoms with Crippen LogP contribution in [0.5, 0.6) is 11.5 Å². The fourth-order valence-corrected chi connectivity index (χ4v) is 5.21. The third-order valence-electron chi connectivity index (χ3n) is 4.30. The second-order valence-electron chi connectivity index (χ2n) is 6.09. The lowest BCUT2D eigenvalue weighted by molar-refractivity contribution is -0.132. The second kappa shape index (κ2) is 10.8. The molecule has 2 rings (SSSR count). The van der Waals surface area contributed by atoms with E-state index in [1.54, 1.807) is 62.4 Å². The molecule has 0 aliphatic rings. The molecule has 0 saturated heterocycles. The minimum atomic E-state index is -1.14. The predicted octanol–water partition coefficient (Wildman–Crippen LogP) is 5.42. The highest BCUT2D eigenvalue weighted by Crippen LogP contribution is 2.44. The number of carboxylic acid groups (broad SMARTS) is 2. The number of carbonyl (C=O) groups is 2. The van der Waals surface area contributed by atoms with Crippen molar-refractivity contribution < 1.29 is 29.3 Å². The van der Waals surface area contributed by atoms with E-state index in [4.69, 9.17) is 9.47 Å². The molecule has 0 heterocycles. The molecule has 158 valence electrons. The zero-order valence-electron chi connectivity index (χ0n) is 17.0. The molecular formula is C22H22O6S2. The highest BCUT2D eigenvalue weighted by atomic mass is 33.1. The van der Waals surface area contributed by atoms with E-state index in [9.17, 15) is 19.8 Å². The molecule has 0 aliphatic heterocycles. The van der Waals surface area contributed by atoms with Crippen molar-refractivity contribution in [3.63, 3.8) is 0 Å². The first kappa shape index (κ1) is 23.4. The predicted molar refractivity (Wildman–Crippen MR) is 122 cm³/mol. The van der Waals surface area contributed by atoms with Crippen molar-refractivity contribution in [1.29, 1.82) is 0 Å². The lowest BCUT2D eigenvalue weighted by atomic mass is 10.1. The first-order chi connectivity index (χ1) is 14.3. The summed E-state index contributed by atoms with van der Waals surface area (Å²) < 4.78 is 10.6. The van der Waals surface area contributed by atoms with Crippen LogP contribution < -0.4 is 9.47 Å². The Morgan fingerprint density at radius 2 is 1.03 bits per heavy atom. The molecule has 0 amide bonds. The molecule has 8 heteroatoms. The van der Waals surface area contributed by atoms with Gasteiger partial charge in [-0.1, -0.05) is 36.4 Å². The quantitative estimate of drug-likeness (QED) is 0.390. The zero-order valence-corrected chi connectivity index (χ0v) is 18.6. The highest BCUT2D eigenvalue weighted by molar-refractivity contribution is 8.80. The molecule has 0 bridgehead atoms. The number of ether oxygens (including phenoxy) is 2. The Kier molecular flexibility index (Phi) is 8.44. The number of carboxylic acids is 2. The van der Waals surface area contributed by atoms with Gasteiger partial charge in [-0.25, -0.2) is 9.59 Å². The number of para-hydroxylation sites is 2. The summed E-state index contributed by atoms with van der Waals surface area (Å²) in [7, 11) is 4.79. The maximum atomic E-state index is 11.9. The van der Waals surface area contributed by atoms with E-state index in [0.717, 1.165) is 21.6 Å². The summed E-state index contributed by atoms with van der Waals surface area (Å²) in [5.74, 6) is -1.21. The summed E-state index contributed by atoms with van der Waals surface area (Å²) in [6, 6.07) is 14.2. The first-order valence-electron chi connectivity index (χ1n) is 8.81. The first-order valence-corrected chi connectivity index (χ1v) is 11.0. The largest absolute Gasteiger partial charge is 0.496 e. The van der Waals surface area contributed by atoms with Crippen LogP contribution in [-0.4, -0.2) is 36.4 Å². The standard InChI is InChI=1S/C22H22O6S2/c1-13(15-9-5-7-11-17(15)27-3)19(21(23)24)29-30-20(22(25)26)14(2)16-10-6-8-12-18(16)28-4/h5-12H,1-4H3,(H,23,24)(H,25,26)/b19-13-,20-14-. The van der Waals surface area contributed by atoms with Crippen LogP contribution in [0.3, 0.4) is 0 Å². The molecule has 0 fully saturated rings. The van der Waals surface area contributed by atoms with E-state index in [1.807, 2.05) is 0 Å². The number of hydrogen-bond acceptors (Lipinski definition) is 6. The summed E-state index contributed by atoms with van der Waals surface area (Å²) >= 11 is 0. The molecule has 0 radical (unpaired) electrons. The van der Waals surface area contributed by atoms with Crippen molar-refractivity contribution in [2.45, 2.75) is 13.8 Å². The summed E-state index contributed by atoms with van der Waals surface area (Å²) in [5.41, 5.74) is 2.23. The number of methoxy groups -OCH3 is 2. The molecular weight excluding hydrogens is 424 g/mol. The SMILES string of the molecule is COc1ccccc1/C(C)=C(\SS/C(C(=O)O)=C(/C)c1ccccc1OC)C(=O)O. The average molecular weight is 447 g/mol. The summed E-state index contributed by atoms with van der Waals surface area (Å²) in [5, 5.41) is 19.5. The maximum absolute atomic E-state index is 11.9. The van der Waals surface area contributed by atoms with E-state index in [0.29, 0.717) is 33.8 Å². The molecule has 2 aromatic rings. The summed E-state index contributed by atoms with van der Waals surface area (Å²) in [6.45, 7) is 3.35. The van der Waals surface area contributed by atoms with Crippen LogP contribution in [0.4, 0.5) is 0 Å². The van der Waals surface area contributed by atoms with Crippen LogP contribution in [0.2, 0.25) is 0 Å². The Bertz CT molecular complexity index is 929. The Morgan fingerprint density at radius 3 is 1.33 bits per heavy atom. The van der Waals surface area contributed by atoms with Gasteiger partial charge in [-0.2, -0.15) is 0 Å². The topological polar surface area (TPSA) is 93.1 Å². The summed E-state index contributed by atoms with van der Waals surface area (Å²) in [6.07, 6.45) is 0. The molecule has 2 aromatic carbocycles. The van der Waals surface area contributed by atoms with Crippen LogP contribution >= 0.6 is 21.6 Å². The van der Waals surface area contributed by atoms with Crippen LogP contribution in [0, 0.1) is 0 Å². The van der Waals surface area contributed by atoms with E-state index in [-0.39, 0.29) is 9.81 Å². The Labute approximate surface area is 183 Å². The Morgan fingerprint density at radius 1 is 0.700 bits per heavy atom. The zero-order chi connectivity index (χ0) is 22.3. The molecule has 30 heavy (non-hydrogen) atoms. The molecule has 0 spiro atoms. The maximum Gasteiger partial charge on any atom is 0.343 e. The molecule has 0 saturated carbocycles. The van der Waals surface area contributed by atoms with Gasteiger partial charge in [0.05, 0.1) is 14.2 Å². The van der Waals surface area contributed by atoms with E-state index in [2.05, 4.69) is 0 Å². The van der Waals surface area contributed by atoms with Gasteiger partial charge >= 0.3 is 11.9 Å². The molecule has 0 atom stereocenters. The number of allylic oxidation sites excluding steroid dienone is 2. The number of rotatable bonds is 9. The second-order valence-corrected chi connectivity index (χ2v) is 8.24. The fraction of sp³-hybridized carbons (Fsp3) is 0.182. The highest BCUT2D eigenvalue weighted by Gasteiger charge is 2.22. The third kappa shape index (κ3) is 5.40. The van der Waals surface area contributed by atoms with Crippen LogP contribution in [-0.2, 0) is 9.59 Å². The van der Waals surface area contributed by atoms with E-state index < -0.39 is 11.9 Å². The lowest BCUT2D eigenvalue weighted by Gasteiger charge is -2.14. The van der Waals surface area contributed by atoms with Gasteiger partial charge in [-0.15, -0.1) is 0 Å². The van der Waals surface area contributed by atoms with Crippen molar-refractivity contribution >= 4 is 44.7 Å².